The van der Waals surface area contributed by atoms with E-state index in [1.165, 1.54) is 24.3 Å². The van der Waals surface area contributed by atoms with Gasteiger partial charge in [-0.2, -0.15) is 0 Å². The standard InChI is InChI=1S/C21H18BrF2NO.ClH/c22-18-5-10-21(26-14-16-3-8-20(24)9-4-16)17(11-18)13-25-12-15-1-6-19(23)7-2-15;/h1-11,25H,12-14H2;1H. The fourth-order valence-corrected chi connectivity index (χ4v) is 2.92. The highest BCUT2D eigenvalue weighted by atomic mass is 79.9. The molecule has 0 aromatic heterocycles. The van der Waals surface area contributed by atoms with E-state index in [0.29, 0.717) is 19.7 Å². The maximum Gasteiger partial charge on any atom is 0.124 e. The van der Waals surface area contributed by atoms with Crippen molar-refractivity contribution in [1.29, 1.82) is 0 Å². The molecule has 0 bridgehead atoms. The normalized spacial score (nSPS) is 10.3. The van der Waals surface area contributed by atoms with E-state index < -0.39 is 0 Å². The van der Waals surface area contributed by atoms with E-state index >= 15 is 0 Å². The van der Waals surface area contributed by atoms with E-state index in [2.05, 4.69) is 21.2 Å². The topological polar surface area (TPSA) is 21.3 Å². The molecule has 2 nitrogen and oxygen atoms in total. The lowest BCUT2D eigenvalue weighted by Gasteiger charge is -2.13. The summed E-state index contributed by atoms with van der Waals surface area (Å²) in [4.78, 5) is 0. The Morgan fingerprint density at radius 1 is 0.778 bits per heavy atom. The van der Waals surface area contributed by atoms with Crippen molar-refractivity contribution in [2.75, 3.05) is 0 Å². The van der Waals surface area contributed by atoms with Crippen molar-refractivity contribution < 1.29 is 13.5 Å². The van der Waals surface area contributed by atoms with Crippen molar-refractivity contribution in [2.24, 2.45) is 0 Å². The first kappa shape index (κ1) is 21.4. The number of rotatable bonds is 7. The Labute approximate surface area is 172 Å². The Morgan fingerprint density at radius 2 is 1.37 bits per heavy atom. The van der Waals surface area contributed by atoms with Crippen LogP contribution in [0.4, 0.5) is 8.78 Å². The minimum absolute atomic E-state index is 0. The van der Waals surface area contributed by atoms with Crippen LogP contribution in [0.3, 0.4) is 0 Å². The van der Waals surface area contributed by atoms with Crippen LogP contribution < -0.4 is 10.1 Å². The Kier molecular flexibility index (Phi) is 8.23. The number of benzene rings is 3. The van der Waals surface area contributed by atoms with Crippen LogP contribution >= 0.6 is 28.3 Å². The first-order valence-corrected chi connectivity index (χ1v) is 9.00. The molecule has 27 heavy (non-hydrogen) atoms. The average Bonchev–Trinajstić information content (AvgIpc) is 2.64. The predicted molar refractivity (Wildman–Crippen MR) is 109 cm³/mol. The average molecular weight is 455 g/mol. The summed E-state index contributed by atoms with van der Waals surface area (Å²) in [5, 5.41) is 3.34. The van der Waals surface area contributed by atoms with Crippen molar-refractivity contribution in [3.63, 3.8) is 0 Å². The molecule has 0 radical (unpaired) electrons. The molecular weight excluding hydrogens is 436 g/mol. The van der Waals surface area contributed by atoms with Crippen molar-refractivity contribution in [3.05, 3.63) is 99.5 Å². The molecule has 0 saturated heterocycles. The largest absolute Gasteiger partial charge is 0.489 e. The first-order valence-electron chi connectivity index (χ1n) is 8.21. The summed E-state index contributed by atoms with van der Waals surface area (Å²) in [6.45, 7) is 1.60. The van der Waals surface area contributed by atoms with Crippen molar-refractivity contribution in [3.8, 4) is 5.75 Å². The molecule has 3 aromatic carbocycles. The Morgan fingerprint density at radius 3 is 2.00 bits per heavy atom. The van der Waals surface area contributed by atoms with Crippen LogP contribution in [0.15, 0.2) is 71.2 Å². The third kappa shape index (κ3) is 6.61. The third-order valence-corrected chi connectivity index (χ3v) is 4.38. The van der Waals surface area contributed by atoms with Gasteiger partial charge in [0.2, 0.25) is 0 Å². The highest BCUT2D eigenvalue weighted by molar-refractivity contribution is 9.10. The lowest BCUT2D eigenvalue weighted by molar-refractivity contribution is 0.302. The Hall–Kier alpha value is -1.95. The second-order valence-corrected chi connectivity index (χ2v) is 6.81. The summed E-state index contributed by atoms with van der Waals surface area (Å²) in [6, 6.07) is 18.5. The molecule has 0 fully saturated rings. The number of nitrogens with one attached hydrogen (secondary N) is 1. The molecule has 0 aliphatic carbocycles. The SMILES string of the molecule is Cl.Fc1ccc(CNCc2cc(Br)ccc2OCc2ccc(F)cc2)cc1. The third-order valence-electron chi connectivity index (χ3n) is 3.89. The van der Waals surface area contributed by atoms with E-state index in [4.69, 9.17) is 4.74 Å². The van der Waals surface area contributed by atoms with Crippen molar-refractivity contribution in [1.82, 2.24) is 5.32 Å². The summed E-state index contributed by atoms with van der Waals surface area (Å²) in [7, 11) is 0. The molecule has 0 unspecified atom stereocenters. The number of hydrogen-bond acceptors (Lipinski definition) is 2. The molecule has 0 heterocycles. The molecule has 0 aliphatic heterocycles. The number of ether oxygens (including phenoxy) is 1. The molecule has 0 amide bonds. The van der Waals surface area contributed by atoms with Gasteiger partial charge in [0.15, 0.2) is 0 Å². The van der Waals surface area contributed by atoms with Gasteiger partial charge in [0, 0.05) is 23.1 Å². The highest BCUT2D eigenvalue weighted by Gasteiger charge is 2.06. The van der Waals surface area contributed by atoms with Gasteiger partial charge >= 0.3 is 0 Å². The van der Waals surface area contributed by atoms with E-state index in [0.717, 1.165) is 26.9 Å². The molecule has 0 atom stereocenters. The van der Waals surface area contributed by atoms with E-state index in [9.17, 15) is 8.78 Å². The minimum atomic E-state index is -0.261. The van der Waals surface area contributed by atoms with E-state index in [1.54, 1.807) is 24.3 Å². The van der Waals surface area contributed by atoms with Crippen LogP contribution in [0.5, 0.6) is 5.75 Å². The Bertz CT molecular complexity index is 857. The van der Waals surface area contributed by atoms with Gasteiger partial charge in [-0.3, -0.25) is 0 Å². The number of hydrogen-bond donors (Lipinski definition) is 1. The summed E-state index contributed by atoms with van der Waals surface area (Å²) < 4.78 is 32.8. The lowest BCUT2D eigenvalue weighted by atomic mass is 10.1. The van der Waals surface area contributed by atoms with Crippen molar-refractivity contribution >= 4 is 28.3 Å². The van der Waals surface area contributed by atoms with Crippen LogP contribution in [0.1, 0.15) is 16.7 Å². The van der Waals surface area contributed by atoms with Gasteiger partial charge in [0.05, 0.1) is 0 Å². The molecule has 0 aliphatic rings. The molecule has 6 heteroatoms. The van der Waals surface area contributed by atoms with Crippen LogP contribution in [0, 0.1) is 11.6 Å². The van der Waals surface area contributed by atoms with E-state index in [-0.39, 0.29) is 24.0 Å². The minimum Gasteiger partial charge on any atom is -0.489 e. The fourth-order valence-electron chi connectivity index (χ4n) is 2.51. The molecule has 3 rings (SSSR count). The van der Waals surface area contributed by atoms with Gasteiger partial charge in [0.1, 0.15) is 24.0 Å². The summed E-state index contributed by atoms with van der Waals surface area (Å²) in [6.07, 6.45) is 0. The summed E-state index contributed by atoms with van der Waals surface area (Å²) in [5.41, 5.74) is 2.92. The predicted octanol–water partition coefficient (Wildman–Crippen LogP) is 6.02. The summed E-state index contributed by atoms with van der Waals surface area (Å²) in [5.74, 6) is 0.268. The maximum absolute atomic E-state index is 13.0. The zero-order valence-corrected chi connectivity index (χ0v) is 16.8. The zero-order valence-electron chi connectivity index (χ0n) is 14.4. The van der Waals surface area contributed by atoms with Gasteiger partial charge in [-0.05, 0) is 53.6 Å². The molecule has 142 valence electrons. The van der Waals surface area contributed by atoms with Crippen LogP contribution in [-0.4, -0.2) is 0 Å². The van der Waals surface area contributed by atoms with Crippen molar-refractivity contribution in [2.45, 2.75) is 19.7 Å². The molecule has 1 N–H and O–H groups in total. The van der Waals surface area contributed by atoms with Crippen LogP contribution in [0.25, 0.3) is 0 Å². The zero-order chi connectivity index (χ0) is 18.4. The first-order chi connectivity index (χ1) is 12.6. The van der Waals surface area contributed by atoms with Gasteiger partial charge in [-0.25, -0.2) is 8.78 Å². The van der Waals surface area contributed by atoms with Gasteiger partial charge in [-0.1, -0.05) is 40.2 Å². The monoisotopic (exact) mass is 453 g/mol. The quantitative estimate of drug-likeness (QED) is 0.471. The van der Waals surface area contributed by atoms with Crippen LogP contribution in [-0.2, 0) is 19.7 Å². The van der Waals surface area contributed by atoms with Crippen LogP contribution in [0.2, 0.25) is 0 Å². The number of halogens is 4. The molecule has 3 aromatic rings. The second-order valence-electron chi connectivity index (χ2n) is 5.90. The fraction of sp³-hybridized carbons (Fsp3) is 0.143. The van der Waals surface area contributed by atoms with Gasteiger partial charge < -0.3 is 10.1 Å². The van der Waals surface area contributed by atoms with E-state index in [1.807, 2.05) is 18.2 Å². The Balaban J connectivity index is 0.00000261. The lowest BCUT2D eigenvalue weighted by Crippen LogP contribution is -2.13. The molecule has 0 spiro atoms. The maximum atomic E-state index is 13.0. The van der Waals surface area contributed by atoms with Gasteiger partial charge in [-0.15, -0.1) is 12.4 Å². The second kappa shape index (κ2) is 10.4. The van der Waals surface area contributed by atoms with Gasteiger partial charge in [0.25, 0.3) is 0 Å². The highest BCUT2D eigenvalue weighted by Crippen LogP contribution is 2.24. The smallest absolute Gasteiger partial charge is 0.124 e. The summed E-state index contributed by atoms with van der Waals surface area (Å²) >= 11 is 3.48. The molecule has 0 saturated carbocycles. The molecular formula is C21H19BrClF2NO.